The number of likely N-dealkylation sites (tertiary alicyclic amines) is 1. The lowest BCUT2D eigenvalue weighted by atomic mass is 9.96. The maximum Gasteiger partial charge on any atom is 0.274 e. The van der Waals surface area contributed by atoms with Gasteiger partial charge in [-0.3, -0.25) is 14.0 Å². The molecule has 0 radical (unpaired) electrons. The van der Waals surface area contributed by atoms with Crippen LogP contribution in [0.15, 0.2) is 24.4 Å². The minimum atomic E-state index is -0.140. The summed E-state index contributed by atoms with van der Waals surface area (Å²) in [5, 5.41) is 2.87. The van der Waals surface area contributed by atoms with Gasteiger partial charge in [-0.2, -0.15) is 0 Å². The number of aromatic nitrogens is 2. The number of amides is 2. The van der Waals surface area contributed by atoms with Crippen molar-refractivity contribution in [3.63, 3.8) is 0 Å². The molecule has 0 saturated carbocycles. The summed E-state index contributed by atoms with van der Waals surface area (Å²) in [5.41, 5.74) is 1.03. The van der Waals surface area contributed by atoms with Crippen molar-refractivity contribution in [2.75, 3.05) is 20.1 Å². The zero-order valence-electron chi connectivity index (χ0n) is 12.3. The van der Waals surface area contributed by atoms with Gasteiger partial charge in [-0.1, -0.05) is 17.7 Å². The van der Waals surface area contributed by atoms with Crippen LogP contribution in [0.5, 0.6) is 0 Å². The first-order chi connectivity index (χ1) is 10.6. The number of hydrogen-bond acceptors (Lipinski definition) is 3. The monoisotopic (exact) mass is 320 g/mol. The van der Waals surface area contributed by atoms with Crippen molar-refractivity contribution >= 4 is 29.1 Å². The Bertz CT molecular complexity index is 719. The van der Waals surface area contributed by atoms with E-state index in [4.69, 9.17) is 11.6 Å². The van der Waals surface area contributed by atoms with Crippen LogP contribution < -0.4 is 5.32 Å². The maximum atomic E-state index is 12.7. The van der Waals surface area contributed by atoms with E-state index in [-0.39, 0.29) is 22.9 Å². The molecule has 1 N–H and O–H groups in total. The summed E-state index contributed by atoms with van der Waals surface area (Å²) < 4.78 is 1.70. The molecule has 22 heavy (non-hydrogen) atoms. The Kier molecular flexibility index (Phi) is 4.02. The molecule has 3 rings (SSSR count). The van der Waals surface area contributed by atoms with Crippen molar-refractivity contribution in [1.29, 1.82) is 0 Å². The van der Waals surface area contributed by atoms with Gasteiger partial charge < -0.3 is 10.2 Å². The zero-order chi connectivity index (χ0) is 15.7. The number of piperidine rings is 1. The van der Waals surface area contributed by atoms with Crippen molar-refractivity contribution in [1.82, 2.24) is 19.6 Å². The molecule has 116 valence electrons. The van der Waals surface area contributed by atoms with Gasteiger partial charge in [-0.25, -0.2) is 4.98 Å². The number of rotatable bonds is 2. The Hall–Kier alpha value is -2.08. The second kappa shape index (κ2) is 5.96. The SMILES string of the molecule is CNC(=O)C1CCN(C(=O)c2c(Cl)nc3ccccn23)CC1. The number of carbonyl (C=O) groups excluding carboxylic acids is 2. The van der Waals surface area contributed by atoms with E-state index in [9.17, 15) is 9.59 Å². The molecule has 0 unspecified atom stereocenters. The largest absolute Gasteiger partial charge is 0.359 e. The van der Waals surface area contributed by atoms with Crippen LogP contribution in [0.1, 0.15) is 23.3 Å². The molecule has 7 heteroatoms. The Morgan fingerprint density at radius 2 is 2.05 bits per heavy atom. The van der Waals surface area contributed by atoms with Crippen molar-refractivity contribution < 1.29 is 9.59 Å². The van der Waals surface area contributed by atoms with Gasteiger partial charge in [0.2, 0.25) is 5.91 Å². The average molecular weight is 321 g/mol. The minimum Gasteiger partial charge on any atom is -0.359 e. The summed E-state index contributed by atoms with van der Waals surface area (Å²) in [7, 11) is 1.64. The first kappa shape index (κ1) is 14.8. The van der Waals surface area contributed by atoms with E-state index in [0.717, 1.165) is 0 Å². The third-order valence-corrected chi connectivity index (χ3v) is 4.35. The van der Waals surface area contributed by atoms with Crippen molar-refractivity contribution in [2.45, 2.75) is 12.8 Å². The number of imidazole rings is 1. The lowest BCUT2D eigenvalue weighted by Gasteiger charge is -2.31. The molecule has 0 atom stereocenters. The number of carbonyl (C=O) groups is 2. The van der Waals surface area contributed by atoms with E-state index in [2.05, 4.69) is 10.3 Å². The van der Waals surface area contributed by atoms with Gasteiger partial charge >= 0.3 is 0 Å². The number of fused-ring (bicyclic) bond motifs is 1. The van der Waals surface area contributed by atoms with Crippen LogP contribution in [0, 0.1) is 5.92 Å². The topological polar surface area (TPSA) is 66.7 Å². The van der Waals surface area contributed by atoms with Gasteiger partial charge in [-0.15, -0.1) is 0 Å². The summed E-state index contributed by atoms with van der Waals surface area (Å²) in [6, 6.07) is 5.49. The fraction of sp³-hybridized carbons (Fsp3) is 0.400. The minimum absolute atomic E-state index is 0.0216. The molecule has 0 aliphatic carbocycles. The van der Waals surface area contributed by atoms with Crippen LogP contribution in [-0.4, -0.2) is 46.2 Å². The molecule has 1 aliphatic heterocycles. The van der Waals surface area contributed by atoms with Crippen LogP contribution >= 0.6 is 11.6 Å². The second-order valence-corrected chi connectivity index (χ2v) is 5.72. The molecule has 0 spiro atoms. The fourth-order valence-corrected chi connectivity index (χ4v) is 3.12. The molecule has 1 fully saturated rings. The van der Waals surface area contributed by atoms with Gasteiger partial charge in [0.1, 0.15) is 5.65 Å². The number of pyridine rings is 1. The van der Waals surface area contributed by atoms with Crippen LogP contribution in [-0.2, 0) is 4.79 Å². The Morgan fingerprint density at radius 1 is 1.32 bits per heavy atom. The van der Waals surface area contributed by atoms with E-state index in [0.29, 0.717) is 37.3 Å². The lowest BCUT2D eigenvalue weighted by Crippen LogP contribution is -2.42. The molecular weight excluding hydrogens is 304 g/mol. The highest BCUT2D eigenvalue weighted by atomic mass is 35.5. The summed E-state index contributed by atoms with van der Waals surface area (Å²) >= 11 is 6.14. The summed E-state index contributed by atoms with van der Waals surface area (Å²) in [4.78, 5) is 30.3. The van der Waals surface area contributed by atoms with E-state index in [1.54, 1.807) is 28.6 Å². The molecule has 0 aromatic carbocycles. The first-order valence-electron chi connectivity index (χ1n) is 7.25. The highest BCUT2D eigenvalue weighted by Crippen LogP contribution is 2.23. The highest BCUT2D eigenvalue weighted by Gasteiger charge is 2.29. The number of nitrogens with zero attached hydrogens (tertiary/aromatic N) is 3. The zero-order valence-corrected chi connectivity index (χ0v) is 13.0. The summed E-state index contributed by atoms with van der Waals surface area (Å²) in [5.74, 6) is -0.120. The normalized spacial score (nSPS) is 16.0. The van der Waals surface area contributed by atoms with Gasteiger partial charge in [0.05, 0.1) is 0 Å². The number of nitrogens with one attached hydrogen (secondary N) is 1. The molecule has 1 saturated heterocycles. The van der Waals surface area contributed by atoms with Crippen molar-refractivity contribution in [3.8, 4) is 0 Å². The van der Waals surface area contributed by atoms with E-state index >= 15 is 0 Å². The van der Waals surface area contributed by atoms with Crippen LogP contribution in [0.2, 0.25) is 5.15 Å². The summed E-state index contributed by atoms with van der Waals surface area (Å²) in [6.07, 6.45) is 3.11. The van der Waals surface area contributed by atoms with Gasteiger partial charge in [0.15, 0.2) is 10.8 Å². The smallest absolute Gasteiger partial charge is 0.274 e. The molecule has 0 bridgehead atoms. The van der Waals surface area contributed by atoms with Gasteiger partial charge in [-0.05, 0) is 25.0 Å². The maximum absolute atomic E-state index is 12.7. The molecule has 6 nitrogen and oxygen atoms in total. The molecule has 3 heterocycles. The standard InChI is InChI=1S/C15H17ClN4O2/c1-17-14(21)10-5-8-19(9-6-10)15(22)12-13(16)18-11-4-2-3-7-20(11)12/h2-4,7,10H,5-6,8-9H2,1H3,(H,17,21). The molecule has 1 aliphatic rings. The number of hydrogen-bond donors (Lipinski definition) is 1. The molecule has 2 aromatic heterocycles. The van der Waals surface area contributed by atoms with Crippen molar-refractivity contribution in [3.05, 3.63) is 35.2 Å². The van der Waals surface area contributed by atoms with Gasteiger partial charge in [0, 0.05) is 32.3 Å². The lowest BCUT2D eigenvalue weighted by molar-refractivity contribution is -0.125. The van der Waals surface area contributed by atoms with Crippen LogP contribution in [0.3, 0.4) is 0 Å². The molecule has 2 aromatic rings. The third kappa shape index (κ3) is 2.54. The Balaban J connectivity index is 1.80. The van der Waals surface area contributed by atoms with Gasteiger partial charge in [0.25, 0.3) is 5.91 Å². The molecular formula is C15H17ClN4O2. The van der Waals surface area contributed by atoms with Crippen molar-refractivity contribution in [2.24, 2.45) is 5.92 Å². The Labute approximate surface area is 133 Å². The fourth-order valence-electron chi connectivity index (χ4n) is 2.86. The Morgan fingerprint density at radius 3 is 2.73 bits per heavy atom. The van der Waals surface area contributed by atoms with Crippen LogP contribution in [0.4, 0.5) is 0 Å². The van der Waals surface area contributed by atoms with E-state index in [1.165, 1.54) is 0 Å². The predicted molar refractivity (Wildman–Crippen MR) is 82.9 cm³/mol. The van der Waals surface area contributed by atoms with Crippen LogP contribution in [0.25, 0.3) is 5.65 Å². The van der Waals surface area contributed by atoms with E-state index in [1.807, 2.05) is 12.1 Å². The average Bonchev–Trinajstić information content (AvgIpc) is 2.89. The quantitative estimate of drug-likeness (QED) is 0.913. The predicted octanol–water partition coefficient (Wildman–Crippen LogP) is 1.59. The number of halogens is 1. The summed E-state index contributed by atoms with van der Waals surface area (Å²) in [6.45, 7) is 1.10. The molecule has 2 amide bonds. The highest BCUT2D eigenvalue weighted by molar-refractivity contribution is 6.32. The second-order valence-electron chi connectivity index (χ2n) is 5.36. The first-order valence-corrected chi connectivity index (χ1v) is 7.63. The third-order valence-electron chi connectivity index (χ3n) is 4.09. The van der Waals surface area contributed by atoms with E-state index < -0.39 is 0 Å².